The zero-order valence-electron chi connectivity index (χ0n) is 11.9. The highest BCUT2D eigenvalue weighted by atomic mass is 17.1. The fraction of sp³-hybridized carbons (Fsp3) is 0.308. The molecule has 0 bridgehead atoms. The summed E-state index contributed by atoms with van der Waals surface area (Å²) in [5, 5.41) is 30.5. The standard InChI is InChI=1S/C13H14N2O7/c1-3-8(2)9-6-10(14(17)18)13(11(7-9)15(19)20)12(16)4-5-22-21/h4-8,21H,3H2,1-2H3/b5-4+. The van der Waals surface area contributed by atoms with Gasteiger partial charge in [0, 0.05) is 18.2 Å². The molecule has 1 aromatic rings. The first-order chi connectivity index (χ1) is 10.3. The van der Waals surface area contributed by atoms with Crippen LogP contribution in [0.15, 0.2) is 24.5 Å². The van der Waals surface area contributed by atoms with Crippen LogP contribution in [0.1, 0.15) is 42.1 Å². The smallest absolute Gasteiger partial charge is 0.287 e. The van der Waals surface area contributed by atoms with E-state index in [4.69, 9.17) is 5.26 Å². The Bertz CT molecular complexity index is 604. The van der Waals surface area contributed by atoms with Crippen LogP contribution in [0.25, 0.3) is 0 Å². The number of nitro groups is 2. The van der Waals surface area contributed by atoms with Crippen molar-refractivity contribution in [1.29, 1.82) is 0 Å². The molecule has 0 amide bonds. The second-order valence-corrected chi connectivity index (χ2v) is 4.53. The van der Waals surface area contributed by atoms with E-state index in [0.717, 1.165) is 12.1 Å². The predicted molar refractivity (Wildman–Crippen MR) is 75.6 cm³/mol. The van der Waals surface area contributed by atoms with Gasteiger partial charge in [0.05, 0.1) is 9.85 Å². The fourth-order valence-electron chi connectivity index (χ4n) is 1.87. The van der Waals surface area contributed by atoms with Crippen molar-refractivity contribution >= 4 is 17.2 Å². The number of ketones is 1. The molecule has 9 nitrogen and oxygen atoms in total. The van der Waals surface area contributed by atoms with Gasteiger partial charge in [-0.3, -0.25) is 25.0 Å². The third-order valence-electron chi connectivity index (χ3n) is 3.22. The quantitative estimate of drug-likeness (QED) is 0.204. The average molecular weight is 310 g/mol. The number of carbonyl (C=O) groups is 1. The van der Waals surface area contributed by atoms with Crippen LogP contribution in [0, 0.1) is 20.2 Å². The monoisotopic (exact) mass is 310 g/mol. The van der Waals surface area contributed by atoms with E-state index >= 15 is 0 Å². The van der Waals surface area contributed by atoms with Gasteiger partial charge in [0.25, 0.3) is 11.4 Å². The maximum atomic E-state index is 11.9. The molecule has 1 atom stereocenters. The van der Waals surface area contributed by atoms with Gasteiger partial charge < -0.3 is 4.89 Å². The maximum absolute atomic E-state index is 11.9. The van der Waals surface area contributed by atoms with Gasteiger partial charge in [-0.25, -0.2) is 5.26 Å². The van der Waals surface area contributed by atoms with Gasteiger partial charge >= 0.3 is 0 Å². The Kier molecular flexibility index (Phi) is 5.70. The highest BCUT2D eigenvalue weighted by Crippen LogP contribution is 2.34. The van der Waals surface area contributed by atoms with Crippen LogP contribution in [0.3, 0.4) is 0 Å². The lowest BCUT2D eigenvalue weighted by Crippen LogP contribution is -2.08. The lowest BCUT2D eigenvalue weighted by Gasteiger charge is -2.10. The van der Waals surface area contributed by atoms with Crippen molar-refractivity contribution in [3.8, 4) is 0 Å². The van der Waals surface area contributed by atoms with Gasteiger partial charge in [-0.1, -0.05) is 13.8 Å². The van der Waals surface area contributed by atoms with E-state index in [9.17, 15) is 25.0 Å². The summed E-state index contributed by atoms with van der Waals surface area (Å²) in [5.41, 5.74) is -1.57. The second-order valence-electron chi connectivity index (χ2n) is 4.53. The first kappa shape index (κ1) is 17.2. The molecular formula is C13H14N2O7. The number of carbonyl (C=O) groups excluding carboxylic acids is 1. The summed E-state index contributed by atoms with van der Waals surface area (Å²) in [6.45, 7) is 3.60. The van der Waals surface area contributed by atoms with Crippen LogP contribution >= 0.6 is 0 Å². The Morgan fingerprint density at radius 3 is 2.18 bits per heavy atom. The Labute approximate surface area is 125 Å². The molecule has 1 aromatic carbocycles. The molecule has 0 aromatic heterocycles. The molecule has 0 saturated heterocycles. The van der Waals surface area contributed by atoms with Gasteiger partial charge in [0.2, 0.25) is 5.78 Å². The minimum atomic E-state index is -1.01. The topological polar surface area (TPSA) is 133 Å². The van der Waals surface area contributed by atoms with Gasteiger partial charge in [-0.2, -0.15) is 0 Å². The minimum absolute atomic E-state index is 0.141. The van der Waals surface area contributed by atoms with Crippen molar-refractivity contribution in [1.82, 2.24) is 0 Å². The number of hydrogen-bond acceptors (Lipinski definition) is 7. The number of allylic oxidation sites excluding steroid dienone is 1. The number of nitrogens with zero attached hydrogens (tertiary/aromatic N) is 2. The van der Waals surface area contributed by atoms with Crippen molar-refractivity contribution in [2.24, 2.45) is 0 Å². The van der Waals surface area contributed by atoms with Crippen molar-refractivity contribution in [2.45, 2.75) is 26.2 Å². The molecule has 0 aliphatic carbocycles. The highest BCUT2D eigenvalue weighted by Gasteiger charge is 2.31. The van der Waals surface area contributed by atoms with Crippen LogP contribution in [0.4, 0.5) is 11.4 Å². The van der Waals surface area contributed by atoms with Crippen LogP contribution in [-0.4, -0.2) is 20.9 Å². The molecule has 0 saturated carbocycles. The lowest BCUT2D eigenvalue weighted by atomic mass is 9.94. The third-order valence-corrected chi connectivity index (χ3v) is 3.22. The van der Waals surface area contributed by atoms with Gasteiger partial charge in [0.15, 0.2) is 5.56 Å². The van der Waals surface area contributed by atoms with Crippen molar-refractivity contribution in [2.75, 3.05) is 0 Å². The van der Waals surface area contributed by atoms with E-state index in [1.807, 2.05) is 6.92 Å². The fourth-order valence-corrected chi connectivity index (χ4v) is 1.87. The number of rotatable bonds is 7. The molecule has 1 rings (SSSR count). The van der Waals surface area contributed by atoms with E-state index in [1.165, 1.54) is 0 Å². The van der Waals surface area contributed by atoms with Crippen molar-refractivity contribution in [3.05, 3.63) is 55.8 Å². The maximum Gasteiger partial charge on any atom is 0.287 e. The minimum Gasteiger partial charge on any atom is -0.348 e. The molecule has 0 heterocycles. The first-order valence-corrected chi connectivity index (χ1v) is 6.31. The summed E-state index contributed by atoms with van der Waals surface area (Å²) in [5.74, 6) is -1.15. The molecule has 0 spiro atoms. The summed E-state index contributed by atoms with van der Waals surface area (Å²) < 4.78 is 0. The number of benzene rings is 1. The Balaban J connectivity index is 3.64. The molecule has 9 heteroatoms. The predicted octanol–water partition coefficient (Wildman–Crippen LogP) is 3.20. The Morgan fingerprint density at radius 1 is 1.32 bits per heavy atom. The van der Waals surface area contributed by atoms with E-state index in [1.54, 1.807) is 6.92 Å². The van der Waals surface area contributed by atoms with E-state index in [2.05, 4.69) is 4.89 Å². The van der Waals surface area contributed by atoms with Crippen molar-refractivity contribution < 1.29 is 24.8 Å². The molecule has 1 N–H and O–H groups in total. The van der Waals surface area contributed by atoms with Gasteiger partial charge in [-0.05, 0) is 17.9 Å². The third kappa shape index (κ3) is 3.64. The SMILES string of the molecule is CCC(C)c1cc([N+](=O)[O-])c(C(=O)/C=C/OO)c([N+](=O)[O-])c1. The largest absolute Gasteiger partial charge is 0.348 e. The molecule has 1 unspecified atom stereocenters. The first-order valence-electron chi connectivity index (χ1n) is 6.31. The Hall–Kier alpha value is -2.81. The average Bonchev–Trinajstić information content (AvgIpc) is 2.50. The summed E-state index contributed by atoms with van der Waals surface area (Å²) in [4.78, 5) is 36.1. The molecule has 0 radical (unpaired) electrons. The normalized spacial score (nSPS) is 12.1. The zero-order chi connectivity index (χ0) is 16.9. The number of nitro benzene ring substituents is 2. The van der Waals surface area contributed by atoms with Crippen molar-refractivity contribution in [3.63, 3.8) is 0 Å². The molecule has 0 fully saturated rings. The molecule has 0 aliphatic heterocycles. The molecular weight excluding hydrogens is 296 g/mol. The van der Waals surface area contributed by atoms with E-state index < -0.39 is 32.6 Å². The van der Waals surface area contributed by atoms with Crippen LogP contribution in [-0.2, 0) is 4.89 Å². The summed E-state index contributed by atoms with van der Waals surface area (Å²) >= 11 is 0. The van der Waals surface area contributed by atoms with E-state index in [-0.39, 0.29) is 5.92 Å². The summed E-state index contributed by atoms with van der Waals surface area (Å²) in [6, 6.07) is 2.31. The number of hydrogen-bond donors (Lipinski definition) is 1. The van der Waals surface area contributed by atoms with Crippen LogP contribution in [0.5, 0.6) is 0 Å². The van der Waals surface area contributed by atoms with E-state index in [0.29, 0.717) is 24.3 Å². The van der Waals surface area contributed by atoms with Gasteiger partial charge in [-0.15, -0.1) is 0 Å². The van der Waals surface area contributed by atoms with Crippen LogP contribution < -0.4 is 0 Å². The Morgan fingerprint density at radius 2 is 1.82 bits per heavy atom. The lowest BCUT2D eigenvalue weighted by molar-refractivity contribution is -0.394. The zero-order valence-corrected chi connectivity index (χ0v) is 11.9. The summed E-state index contributed by atoms with van der Waals surface area (Å²) in [6.07, 6.45) is 1.86. The molecule has 0 aliphatic rings. The molecule has 22 heavy (non-hydrogen) atoms. The van der Waals surface area contributed by atoms with Crippen LogP contribution in [0.2, 0.25) is 0 Å². The van der Waals surface area contributed by atoms with Gasteiger partial charge in [0.1, 0.15) is 6.26 Å². The second kappa shape index (κ2) is 7.27. The summed E-state index contributed by atoms with van der Waals surface area (Å²) in [7, 11) is 0. The highest BCUT2D eigenvalue weighted by molar-refractivity contribution is 6.10. The molecule has 118 valence electrons.